The van der Waals surface area contributed by atoms with Crippen LogP contribution in [0.15, 0.2) is 36.7 Å². The van der Waals surface area contributed by atoms with E-state index in [1.807, 2.05) is 36.1 Å². The summed E-state index contributed by atoms with van der Waals surface area (Å²) < 4.78 is 13.2. The van der Waals surface area contributed by atoms with Gasteiger partial charge in [-0.15, -0.1) is 0 Å². The summed E-state index contributed by atoms with van der Waals surface area (Å²) in [5.74, 6) is 1.89. The highest BCUT2D eigenvalue weighted by Crippen LogP contribution is 2.28. The Morgan fingerprint density at radius 2 is 2.17 bits per heavy atom. The average molecular weight is 315 g/mol. The summed E-state index contributed by atoms with van der Waals surface area (Å²) in [6.45, 7) is 3.00. The Morgan fingerprint density at radius 3 is 2.83 bits per heavy atom. The van der Waals surface area contributed by atoms with E-state index in [0.717, 1.165) is 31.0 Å². The van der Waals surface area contributed by atoms with Crippen molar-refractivity contribution in [3.05, 3.63) is 48.0 Å². The van der Waals surface area contributed by atoms with Crippen molar-refractivity contribution < 1.29 is 9.47 Å². The Balaban J connectivity index is 1.60. The summed E-state index contributed by atoms with van der Waals surface area (Å²) in [5.41, 5.74) is 1.30. The van der Waals surface area contributed by atoms with Crippen molar-refractivity contribution in [2.45, 2.75) is 38.0 Å². The summed E-state index contributed by atoms with van der Waals surface area (Å²) in [5, 5.41) is 3.71. The van der Waals surface area contributed by atoms with Crippen LogP contribution in [0.25, 0.3) is 0 Å². The van der Waals surface area contributed by atoms with Gasteiger partial charge in [0.05, 0.1) is 7.11 Å². The van der Waals surface area contributed by atoms with Crippen molar-refractivity contribution in [3.63, 3.8) is 0 Å². The van der Waals surface area contributed by atoms with E-state index in [9.17, 15) is 0 Å². The molecule has 1 aliphatic heterocycles. The highest BCUT2D eigenvalue weighted by Gasteiger charge is 2.32. The van der Waals surface area contributed by atoms with Crippen LogP contribution in [0.1, 0.15) is 30.8 Å². The van der Waals surface area contributed by atoms with Gasteiger partial charge in [0.25, 0.3) is 0 Å². The summed E-state index contributed by atoms with van der Waals surface area (Å²) in [6.07, 6.45) is 5.83. The first-order valence-corrected chi connectivity index (χ1v) is 8.15. The number of aryl methyl sites for hydroxylation is 1. The molecule has 1 fully saturated rings. The second-order valence-corrected chi connectivity index (χ2v) is 6.20. The number of nitrogens with zero attached hydrogens (tertiary/aromatic N) is 2. The van der Waals surface area contributed by atoms with Gasteiger partial charge in [0, 0.05) is 38.1 Å². The maximum Gasteiger partial charge on any atom is 0.139 e. The lowest BCUT2D eigenvalue weighted by Crippen LogP contribution is -2.40. The number of ether oxygens (including phenoxy) is 2. The normalized spacial score (nSPS) is 22.2. The van der Waals surface area contributed by atoms with Gasteiger partial charge >= 0.3 is 0 Å². The number of methoxy groups -OCH3 is 1. The van der Waals surface area contributed by atoms with Crippen LogP contribution in [0.5, 0.6) is 5.75 Å². The highest BCUT2D eigenvalue weighted by molar-refractivity contribution is 5.27. The molecule has 1 N–H and O–H groups in total. The topological polar surface area (TPSA) is 48.3 Å². The minimum absolute atomic E-state index is 0.0355. The van der Waals surface area contributed by atoms with E-state index in [0.29, 0.717) is 12.1 Å². The molecule has 3 atom stereocenters. The molecule has 0 spiro atoms. The van der Waals surface area contributed by atoms with Crippen molar-refractivity contribution in [2.24, 2.45) is 7.05 Å². The van der Waals surface area contributed by atoms with Crippen LogP contribution in [0, 0.1) is 0 Å². The number of imidazole rings is 1. The van der Waals surface area contributed by atoms with Gasteiger partial charge in [-0.1, -0.05) is 12.1 Å². The quantitative estimate of drug-likeness (QED) is 0.890. The van der Waals surface area contributed by atoms with E-state index >= 15 is 0 Å². The minimum atomic E-state index is 0.0355. The van der Waals surface area contributed by atoms with E-state index < -0.39 is 0 Å². The molecule has 5 nitrogen and oxygen atoms in total. The maximum absolute atomic E-state index is 5.91. The molecule has 0 radical (unpaired) electrons. The average Bonchev–Trinajstić information content (AvgIpc) is 3.16. The van der Waals surface area contributed by atoms with Gasteiger partial charge in [0.1, 0.15) is 17.7 Å². The molecule has 2 heterocycles. The fourth-order valence-corrected chi connectivity index (χ4v) is 3.21. The summed E-state index contributed by atoms with van der Waals surface area (Å²) in [6, 6.07) is 8.95. The second kappa shape index (κ2) is 7.15. The number of aromatic nitrogens is 2. The Labute approximate surface area is 137 Å². The molecule has 3 rings (SSSR count). The number of nitrogens with one attached hydrogen (secondary N) is 1. The third kappa shape index (κ3) is 3.74. The molecule has 1 aliphatic rings. The number of rotatable bonds is 6. The second-order valence-electron chi connectivity index (χ2n) is 6.20. The molecule has 0 bridgehead atoms. The highest BCUT2D eigenvalue weighted by atomic mass is 16.5. The van der Waals surface area contributed by atoms with E-state index in [2.05, 4.69) is 29.4 Å². The lowest BCUT2D eigenvalue weighted by Gasteiger charge is -2.24. The van der Waals surface area contributed by atoms with Gasteiger partial charge < -0.3 is 19.4 Å². The molecular formula is C18H25N3O2. The molecule has 0 amide bonds. The molecule has 5 heteroatoms. The summed E-state index contributed by atoms with van der Waals surface area (Å²) in [7, 11) is 3.71. The predicted octanol–water partition coefficient (Wildman–Crippen LogP) is 2.48. The van der Waals surface area contributed by atoms with Crippen LogP contribution in [0.4, 0.5) is 0 Å². The molecule has 1 saturated heterocycles. The maximum atomic E-state index is 5.91. The van der Waals surface area contributed by atoms with Gasteiger partial charge in [0.2, 0.25) is 0 Å². The molecule has 0 aliphatic carbocycles. The Bertz CT molecular complexity index is 623. The van der Waals surface area contributed by atoms with Gasteiger partial charge in [-0.3, -0.25) is 0 Å². The van der Waals surface area contributed by atoms with Gasteiger partial charge in [-0.05, 0) is 37.5 Å². The lowest BCUT2D eigenvalue weighted by atomic mass is 10.0. The Hall–Kier alpha value is -1.85. The Kier molecular flexibility index (Phi) is 4.98. The first-order chi connectivity index (χ1) is 11.2. The smallest absolute Gasteiger partial charge is 0.139 e. The van der Waals surface area contributed by atoms with E-state index in [4.69, 9.17) is 9.47 Å². The third-order valence-electron chi connectivity index (χ3n) is 4.40. The van der Waals surface area contributed by atoms with Crippen LogP contribution < -0.4 is 10.1 Å². The van der Waals surface area contributed by atoms with Crippen LogP contribution in [-0.4, -0.2) is 35.4 Å². The van der Waals surface area contributed by atoms with Gasteiger partial charge in [-0.25, -0.2) is 4.98 Å². The summed E-state index contributed by atoms with van der Waals surface area (Å²) in [4.78, 5) is 4.44. The summed E-state index contributed by atoms with van der Waals surface area (Å²) >= 11 is 0. The molecular weight excluding hydrogens is 290 g/mol. The molecule has 1 unspecified atom stereocenters. The standard InChI is InChI=1S/C18H25N3O2/c1-13(12-14-4-6-15(22-3)7-5-14)20-16-8-11-23-17(16)18-19-9-10-21(18)2/h4-7,9-10,13,16-17,20H,8,11-12H2,1-3H3/t13?,16-,17-/m0/s1. The van der Waals surface area contributed by atoms with Gasteiger partial charge in [0.15, 0.2) is 0 Å². The van der Waals surface area contributed by atoms with Crippen molar-refractivity contribution in [1.29, 1.82) is 0 Å². The molecule has 0 saturated carbocycles. The number of hydrogen-bond acceptors (Lipinski definition) is 4. The monoisotopic (exact) mass is 315 g/mol. The zero-order valence-electron chi connectivity index (χ0n) is 14.0. The molecule has 1 aromatic carbocycles. The van der Waals surface area contributed by atoms with E-state index in [1.54, 1.807) is 7.11 Å². The predicted molar refractivity (Wildman–Crippen MR) is 89.6 cm³/mol. The number of hydrogen-bond donors (Lipinski definition) is 1. The molecule has 1 aromatic heterocycles. The molecule has 124 valence electrons. The zero-order valence-corrected chi connectivity index (χ0v) is 14.0. The van der Waals surface area contributed by atoms with Gasteiger partial charge in [-0.2, -0.15) is 0 Å². The number of benzene rings is 1. The Morgan fingerprint density at radius 1 is 1.39 bits per heavy atom. The first kappa shape index (κ1) is 16.0. The first-order valence-electron chi connectivity index (χ1n) is 8.15. The zero-order chi connectivity index (χ0) is 16.2. The van der Waals surface area contributed by atoms with E-state index in [-0.39, 0.29) is 6.10 Å². The molecule has 23 heavy (non-hydrogen) atoms. The van der Waals surface area contributed by atoms with Crippen LogP contribution >= 0.6 is 0 Å². The van der Waals surface area contributed by atoms with Crippen LogP contribution in [-0.2, 0) is 18.2 Å². The SMILES string of the molecule is COc1ccc(CC(C)N[C@H]2CCO[C@@H]2c2nccn2C)cc1. The van der Waals surface area contributed by atoms with Crippen molar-refractivity contribution in [1.82, 2.24) is 14.9 Å². The third-order valence-corrected chi connectivity index (χ3v) is 4.40. The van der Waals surface area contributed by atoms with E-state index in [1.165, 1.54) is 5.56 Å². The van der Waals surface area contributed by atoms with Crippen LogP contribution in [0.3, 0.4) is 0 Å². The van der Waals surface area contributed by atoms with Crippen molar-refractivity contribution >= 4 is 0 Å². The lowest BCUT2D eigenvalue weighted by molar-refractivity contribution is 0.0876. The fourth-order valence-electron chi connectivity index (χ4n) is 3.21. The largest absolute Gasteiger partial charge is 0.497 e. The minimum Gasteiger partial charge on any atom is -0.497 e. The molecule has 2 aromatic rings. The fraction of sp³-hybridized carbons (Fsp3) is 0.500. The van der Waals surface area contributed by atoms with Crippen molar-refractivity contribution in [2.75, 3.05) is 13.7 Å². The van der Waals surface area contributed by atoms with Crippen LogP contribution in [0.2, 0.25) is 0 Å². The van der Waals surface area contributed by atoms with Crippen molar-refractivity contribution in [3.8, 4) is 5.75 Å².